The fourth-order valence-electron chi connectivity index (χ4n) is 2.04. The van der Waals surface area contributed by atoms with Crippen LogP contribution in [-0.2, 0) is 13.5 Å². The number of hydrogen-bond donors (Lipinski definition) is 2. The fraction of sp³-hybridized carbons (Fsp3) is 0.308. The molecule has 2 rings (SSSR count). The molecule has 0 spiro atoms. The van der Waals surface area contributed by atoms with Crippen molar-refractivity contribution >= 4 is 15.9 Å². The molecule has 2 aromatic rings. The molecule has 0 aliphatic carbocycles. The Morgan fingerprint density at radius 1 is 1.50 bits per heavy atom. The second-order valence-corrected chi connectivity index (χ2v) is 5.19. The van der Waals surface area contributed by atoms with Crippen molar-refractivity contribution < 1.29 is 0 Å². The highest BCUT2D eigenvalue weighted by atomic mass is 79.9. The highest BCUT2D eigenvalue weighted by Crippen LogP contribution is 2.26. The third-order valence-electron chi connectivity index (χ3n) is 3.19. The van der Waals surface area contributed by atoms with Crippen LogP contribution in [0.15, 0.2) is 35.1 Å². The quantitative estimate of drug-likeness (QED) is 0.673. The Hall–Kier alpha value is -1.17. The number of nitrogens with one attached hydrogen (secondary N) is 1. The molecule has 0 aliphatic heterocycles. The van der Waals surface area contributed by atoms with E-state index < -0.39 is 0 Å². The zero-order chi connectivity index (χ0) is 13.1. The van der Waals surface area contributed by atoms with Crippen molar-refractivity contribution in [2.75, 3.05) is 0 Å². The molecule has 0 bridgehead atoms. The predicted octanol–water partition coefficient (Wildman–Crippen LogP) is 2.24. The van der Waals surface area contributed by atoms with E-state index in [0.717, 1.165) is 16.7 Å². The van der Waals surface area contributed by atoms with E-state index in [0.29, 0.717) is 0 Å². The van der Waals surface area contributed by atoms with Gasteiger partial charge in [0, 0.05) is 30.3 Å². The van der Waals surface area contributed by atoms with Gasteiger partial charge in [0.15, 0.2) is 0 Å². The molecule has 0 saturated heterocycles. The number of hydrazine groups is 1. The Morgan fingerprint density at radius 2 is 2.28 bits per heavy atom. The van der Waals surface area contributed by atoms with Gasteiger partial charge in [0.2, 0.25) is 0 Å². The standard InChI is InChI=1S/C13H17BrN4/c1-9-10(4-3-5-11(9)14)12(17-15)8-13-16-6-7-18(13)2/h3-7,12,17H,8,15H2,1-2H3. The van der Waals surface area contributed by atoms with Crippen LogP contribution in [0, 0.1) is 6.92 Å². The van der Waals surface area contributed by atoms with Crippen LogP contribution in [0.2, 0.25) is 0 Å². The molecular weight excluding hydrogens is 292 g/mol. The molecule has 18 heavy (non-hydrogen) atoms. The second kappa shape index (κ2) is 5.65. The maximum atomic E-state index is 5.69. The molecule has 1 aromatic carbocycles. The van der Waals surface area contributed by atoms with Gasteiger partial charge < -0.3 is 4.57 Å². The third kappa shape index (κ3) is 2.63. The summed E-state index contributed by atoms with van der Waals surface area (Å²) >= 11 is 3.55. The summed E-state index contributed by atoms with van der Waals surface area (Å²) < 4.78 is 3.11. The van der Waals surface area contributed by atoms with Gasteiger partial charge >= 0.3 is 0 Å². The lowest BCUT2D eigenvalue weighted by molar-refractivity contribution is 0.528. The maximum Gasteiger partial charge on any atom is 0.110 e. The molecule has 96 valence electrons. The Kier molecular flexibility index (Phi) is 4.16. The van der Waals surface area contributed by atoms with Crippen LogP contribution in [-0.4, -0.2) is 9.55 Å². The maximum absolute atomic E-state index is 5.69. The Balaban J connectivity index is 2.29. The normalized spacial score (nSPS) is 12.7. The fourth-order valence-corrected chi connectivity index (χ4v) is 2.42. The molecular formula is C13H17BrN4. The van der Waals surface area contributed by atoms with E-state index in [4.69, 9.17) is 5.84 Å². The molecule has 0 aliphatic rings. The number of aryl methyl sites for hydroxylation is 1. The van der Waals surface area contributed by atoms with Crippen LogP contribution >= 0.6 is 15.9 Å². The van der Waals surface area contributed by atoms with Gasteiger partial charge in [-0.05, 0) is 24.1 Å². The van der Waals surface area contributed by atoms with Crippen LogP contribution in [0.3, 0.4) is 0 Å². The topological polar surface area (TPSA) is 55.9 Å². The number of rotatable bonds is 4. The first-order chi connectivity index (χ1) is 8.63. The van der Waals surface area contributed by atoms with E-state index in [9.17, 15) is 0 Å². The van der Waals surface area contributed by atoms with Crippen molar-refractivity contribution in [1.29, 1.82) is 0 Å². The summed E-state index contributed by atoms with van der Waals surface area (Å²) in [5.41, 5.74) is 5.27. The minimum atomic E-state index is 0.0589. The SMILES string of the molecule is Cc1c(Br)cccc1C(Cc1nccn1C)NN. The van der Waals surface area contributed by atoms with E-state index in [1.165, 1.54) is 11.1 Å². The van der Waals surface area contributed by atoms with Crippen LogP contribution in [0.25, 0.3) is 0 Å². The smallest absolute Gasteiger partial charge is 0.110 e. The number of benzene rings is 1. The highest BCUT2D eigenvalue weighted by Gasteiger charge is 2.16. The number of nitrogens with two attached hydrogens (primary N) is 1. The summed E-state index contributed by atoms with van der Waals surface area (Å²) in [4.78, 5) is 4.34. The van der Waals surface area contributed by atoms with Crippen molar-refractivity contribution in [3.05, 3.63) is 52.0 Å². The average Bonchev–Trinajstić information content (AvgIpc) is 2.76. The van der Waals surface area contributed by atoms with Crippen LogP contribution in [0.1, 0.15) is 23.0 Å². The van der Waals surface area contributed by atoms with Gasteiger partial charge in [-0.2, -0.15) is 0 Å². The summed E-state index contributed by atoms with van der Waals surface area (Å²) in [6.45, 7) is 2.09. The van der Waals surface area contributed by atoms with Crippen molar-refractivity contribution in [3.63, 3.8) is 0 Å². The van der Waals surface area contributed by atoms with Gasteiger partial charge in [-0.15, -0.1) is 0 Å². The molecule has 1 unspecified atom stereocenters. The van der Waals surface area contributed by atoms with Gasteiger partial charge in [-0.3, -0.25) is 11.3 Å². The first-order valence-electron chi connectivity index (χ1n) is 5.80. The molecule has 1 aromatic heterocycles. The van der Waals surface area contributed by atoms with Crippen molar-refractivity contribution in [1.82, 2.24) is 15.0 Å². The Labute approximate surface area is 115 Å². The lowest BCUT2D eigenvalue weighted by Gasteiger charge is -2.19. The third-order valence-corrected chi connectivity index (χ3v) is 4.05. The molecule has 4 nitrogen and oxygen atoms in total. The minimum Gasteiger partial charge on any atom is -0.338 e. The predicted molar refractivity (Wildman–Crippen MR) is 75.9 cm³/mol. The monoisotopic (exact) mass is 308 g/mol. The van der Waals surface area contributed by atoms with Crippen LogP contribution in [0.5, 0.6) is 0 Å². The summed E-state index contributed by atoms with van der Waals surface area (Å²) in [6, 6.07) is 6.21. The van der Waals surface area contributed by atoms with Gasteiger partial charge in [0.1, 0.15) is 5.82 Å². The minimum absolute atomic E-state index is 0.0589. The molecule has 0 fully saturated rings. The van der Waals surface area contributed by atoms with Crippen LogP contribution in [0.4, 0.5) is 0 Å². The summed E-state index contributed by atoms with van der Waals surface area (Å²) in [7, 11) is 1.99. The summed E-state index contributed by atoms with van der Waals surface area (Å²) in [6.07, 6.45) is 4.50. The van der Waals surface area contributed by atoms with Crippen molar-refractivity contribution in [2.24, 2.45) is 12.9 Å². The molecule has 1 heterocycles. The van der Waals surface area contributed by atoms with E-state index in [2.05, 4.69) is 39.3 Å². The number of aromatic nitrogens is 2. The number of halogens is 1. The van der Waals surface area contributed by atoms with Crippen LogP contribution < -0.4 is 11.3 Å². The van der Waals surface area contributed by atoms with E-state index in [1.807, 2.05) is 29.9 Å². The number of hydrogen-bond acceptors (Lipinski definition) is 3. The van der Waals surface area contributed by atoms with Gasteiger partial charge in [0.25, 0.3) is 0 Å². The largest absolute Gasteiger partial charge is 0.338 e. The van der Waals surface area contributed by atoms with Crippen molar-refractivity contribution in [2.45, 2.75) is 19.4 Å². The van der Waals surface area contributed by atoms with Gasteiger partial charge in [-0.1, -0.05) is 28.1 Å². The average molecular weight is 309 g/mol. The Bertz CT molecular complexity index is 536. The molecule has 3 N–H and O–H groups in total. The molecule has 0 radical (unpaired) electrons. The molecule has 0 amide bonds. The second-order valence-electron chi connectivity index (χ2n) is 4.33. The van der Waals surface area contributed by atoms with Crippen molar-refractivity contribution in [3.8, 4) is 0 Å². The van der Waals surface area contributed by atoms with E-state index in [1.54, 1.807) is 6.20 Å². The first-order valence-corrected chi connectivity index (χ1v) is 6.60. The summed E-state index contributed by atoms with van der Waals surface area (Å²) in [5, 5.41) is 0. The van der Waals surface area contributed by atoms with E-state index in [-0.39, 0.29) is 6.04 Å². The first kappa shape index (κ1) is 13.3. The zero-order valence-corrected chi connectivity index (χ0v) is 12.1. The van der Waals surface area contributed by atoms with Gasteiger partial charge in [0.05, 0.1) is 6.04 Å². The van der Waals surface area contributed by atoms with Gasteiger partial charge in [-0.25, -0.2) is 4.98 Å². The zero-order valence-electron chi connectivity index (χ0n) is 10.5. The molecule has 0 saturated carbocycles. The Morgan fingerprint density at radius 3 is 2.89 bits per heavy atom. The lowest BCUT2D eigenvalue weighted by atomic mass is 9.99. The van der Waals surface area contributed by atoms with E-state index >= 15 is 0 Å². The molecule has 1 atom stereocenters. The number of nitrogens with zero attached hydrogens (tertiary/aromatic N) is 2. The molecule has 5 heteroatoms. The lowest BCUT2D eigenvalue weighted by Crippen LogP contribution is -2.30. The summed E-state index contributed by atoms with van der Waals surface area (Å²) in [5.74, 6) is 6.70. The highest BCUT2D eigenvalue weighted by molar-refractivity contribution is 9.10. The number of imidazole rings is 1.